The predicted molar refractivity (Wildman–Crippen MR) is 147 cm³/mol. The van der Waals surface area contributed by atoms with Crippen molar-refractivity contribution in [3.05, 3.63) is 138 Å². The minimum absolute atomic E-state index is 0.566. The van der Waals surface area contributed by atoms with Gasteiger partial charge < -0.3 is 4.74 Å². The lowest BCUT2D eigenvalue weighted by Crippen LogP contribution is -2.23. The smallest absolute Gasteiger partial charge is 0.120 e. The largest absolute Gasteiger partial charge is 0.489 e. The highest BCUT2D eigenvalue weighted by atomic mass is 31.1. The summed E-state index contributed by atoms with van der Waals surface area (Å²) in [5.41, 5.74) is 6.73. The maximum absolute atomic E-state index is 6.30. The Labute approximate surface area is 204 Å². The lowest BCUT2D eigenvalue weighted by molar-refractivity contribution is 0.306. The molecule has 0 amide bonds. The lowest BCUT2D eigenvalue weighted by Gasteiger charge is -2.24. The molecule has 0 N–H and O–H groups in total. The predicted octanol–water partition coefficient (Wildman–Crippen LogP) is 7.15. The normalized spacial score (nSPS) is 13.3. The second kappa shape index (κ2) is 10.2. The van der Waals surface area contributed by atoms with Crippen molar-refractivity contribution in [1.82, 2.24) is 0 Å². The van der Waals surface area contributed by atoms with Crippen LogP contribution in [0.2, 0.25) is 0 Å². The number of ether oxygens (including phenoxy) is 1. The number of benzene rings is 4. The van der Waals surface area contributed by atoms with Crippen LogP contribution in [0.15, 0.2) is 126 Å². The van der Waals surface area contributed by atoms with Crippen molar-refractivity contribution >= 4 is 29.4 Å². The van der Waals surface area contributed by atoms with Crippen molar-refractivity contribution < 1.29 is 4.74 Å². The maximum atomic E-state index is 6.30. The molecule has 0 spiro atoms. The highest BCUT2D eigenvalue weighted by Gasteiger charge is 2.24. The van der Waals surface area contributed by atoms with Crippen LogP contribution >= 0.6 is 7.92 Å². The monoisotopic (exact) mass is 460 g/mol. The number of hydrogen-bond acceptors (Lipinski definition) is 1. The van der Waals surface area contributed by atoms with Crippen LogP contribution in [0.3, 0.4) is 0 Å². The van der Waals surface area contributed by atoms with Gasteiger partial charge in [0.1, 0.15) is 12.4 Å². The third-order valence-corrected chi connectivity index (χ3v) is 8.95. The van der Waals surface area contributed by atoms with Gasteiger partial charge in [0.15, 0.2) is 0 Å². The molecule has 0 saturated carbocycles. The summed E-state index contributed by atoms with van der Waals surface area (Å²) in [7, 11) is -0.735. The maximum Gasteiger partial charge on any atom is 0.120 e. The first-order valence-corrected chi connectivity index (χ1v) is 13.1. The van der Waals surface area contributed by atoms with Gasteiger partial charge in [-0.05, 0) is 78.5 Å². The highest BCUT2D eigenvalue weighted by molar-refractivity contribution is 7.80. The third-order valence-electron chi connectivity index (χ3n) is 6.47. The molecular weight excluding hydrogens is 431 g/mol. The molecule has 0 heterocycles. The highest BCUT2D eigenvalue weighted by Crippen LogP contribution is 2.41. The van der Waals surface area contributed by atoms with E-state index in [9.17, 15) is 0 Å². The van der Waals surface area contributed by atoms with Crippen LogP contribution in [-0.2, 0) is 6.61 Å². The van der Waals surface area contributed by atoms with Crippen molar-refractivity contribution in [2.75, 3.05) is 0 Å². The van der Waals surface area contributed by atoms with E-state index >= 15 is 0 Å². The summed E-state index contributed by atoms with van der Waals surface area (Å²) >= 11 is 0. The fourth-order valence-electron chi connectivity index (χ4n) is 4.48. The summed E-state index contributed by atoms with van der Waals surface area (Å²) < 4.78 is 6.30. The molecule has 0 atom stereocenters. The molecule has 0 saturated heterocycles. The van der Waals surface area contributed by atoms with Crippen molar-refractivity contribution in [2.45, 2.75) is 26.9 Å². The van der Waals surface area contributed by atoms with E-state index in [-0.39, 0.29) is 0 Å². The Hall–Kier alpha value is -3.41. The summed E-state index contributed by atoms with van der Waals surface area (Å²) in [6, 6.07) is 38.9. The Morgan fingerprint density at radius 1 is 0.706 bits per heavy atom. The van der Waals surface area contributed by atoms with E-state index in [0.717, 1.165) is 12.2 Å². The molecule has 0 fully saturated rings. The second-order valence-corrected chi connectivity index (χ2v) is 10.8. The van der Waals surface area contributed by atoms with E-state index < -0.39 is 7.92 Å². The van der Waals surface area contributed by atoms with Crippen molar-refractivity contribution in [1.29, 1.82) is 0 Å². The molecule has 0 aliphatic heterocycles. The Balaban J connectivity index is 1.63. The van der Waals surface area contributed by atoms with Crippen molar-refractivity contribution in [2.24, 2.45) is 0 Å². The molecule has 0 aromatic heterocycles. The molecule has 4 aromatic rings. The van der Waals surface area contributed by atoms with E-state index in [4.69, 9.17) is 4.74 Å². The topological polar surface area (TPSA) is 9.23 Å². The molecule has 1 nitrogen and oxygen atoms in total. The number of hydrogen-bond donors (Lipinski definition) is 0. The molecule has 1 aliphatic carbocycles. The molecular formula is C32H29OP. The second-order valence-electron chi connectivity index (χ2n) is 8.65. The molecule has 34 heavy (non-hydrogen) atoms. The van der Waals surface area contributed by atoms with Crippen LogP contribution in [0, 0.1) is 0 Å². The van der Waals surface area contributed by atoms with Gasteiger partial charge in [-0.1, -0.05) is 109 Å². The summed E-state index contributed by atoms with van der Waals surface area (Å²) in [4.78, 5) is 0. The van der Waals surface area contributed by atoms with Crippen molar-refractivity contribution in [3.8, 4) is 5.75 Å². The van der Waals surface area contributed by atoms with Gasteiger partial charge >= 0.3 is 0 Å². The van der Waals surface area contributed by atoms with E-state index in [0.29, 0.717) is 6.61 Å². The third kappa shape index (κ3) is 4.76. The van der Waals surface area contributed by atoms with Crippen LogP contribution in [0.1, 0.15) is 31.4 Å². The van der Waals surface area contributed by atoms with Gasteiger partial charge in [-0.15, -0.1) is 0 Å². The average molecular weight is 461 g/mol. The van der Waals surface area contributed by atoms with Crippen LogP contribution in [-0.4, -0.2) is 0 Å². The zero-order valence-corrected chi connectivity index (χ0v) is 20.6. The average Bonchev–Trinajstić information content (AvgIpc) is 3.23. The van der Waals surface area contributed by atoms with Gasteiger partial charge in [0.25, 0.3) is 0 Å². The van der Waals surface area contributed by atoms with Gasteiger partial charge in [0.2, 0.25) is 0 Å². The minimum atomic E-state index is -0.735. The summed E-state index contributed by atoms with van der Waals surface area (Å²) in [6.07, 6.45) is 3.34. The molecule has 1 aliphatic rings. The van der Waals surface area contributed by atoms with Crippen molar-refractivity contribution in [3.63, 3.8) is 0 Å². The van der Waals surface area contributed by atoms with Crippen LogP contribution in [0.5, 0.6) is 5.75 Å². The Morgan fingerprint density at radius 2 is 1.29 bits per heavy atom. The first-order valence-electron chi connectivity index (χ1n) is 11.8. The molecule has 0 unspecified atom stereocenters. The molecule has 4 aromatic carbocycles. The van der Waals surface area contributed by atoms with Crippen LogP contribution < -0.4 is 20.7 Å². The molecule has 2 heteroatoms. The first kappa shape index (κ1) is 22.4. The van der Waals surface area contributed by atoms with Gasteiger partial charge in [-0.3, -0.25) is 0 Å². The van der Waals surface area contributed by atoms with Gasteiger partial charge in [-0.2, -0.15) is 0 Å². The van der Waals surface area contributed by atoms with Crippen LogP contribution in [0.4, 0.5) is 0 Å². The van der Waals surface area contributed by atoms with E-state index in [1.807, 2.05) is 6.07 Å². The summed E-state index contributed by atoms with van der Waals surface area (Å²) in [6.45, 7) is 5.04. The molecule has 168 valence electrons. The summed E-state index contributed by atoms with van der Waals surface area (Å²) in [5.74, 6) is 0.919. The van der Waals surface area contributed by atoms with Crippen LogP contribution in [0.25, 0.3) is 5.57 Å². The molecule has 0 bridgehead atoms. The van der Waals surface area contributed by atoms with E-state index in [1.165, 1.54) is 43.8 Å². The Bertz CT molecular complexity index is 1280. The van der Waals surface area contributed by atoms with E-state index in [1.54, 1.807) is 0 Å². The zero-order chi connectivity index (χ0) is 23.3. The molecule has 0 radical (unpaired) electrons. The lowest BCUT2D eigenvalue weighted by atomic mass is 10.0. The molecule has 5 rings (SSSR count). The Kier molecular flexibility index (Phi) is 6.74. The van der Waals surface area contributed by atoms with Gasteiger partial charge in [0, 0.05) is 0 Å². The van der Waals surface area contributed by atoms with E-state index in [2.05, 4.69) is 123 Å². The van der Waals surface area contributed by atoms with Gasteiger partial charge in [-0.25, -0.2) is 0 Å². The first-order chi connectivity index (χ1) is 16.7. The minimum Gasteiger partial charge on any atom is -0.489 e. The standard InChI is InChI=1S/C32H29OP/c1-24-18-20-30(25(24)2)31-21-19-27(33-23-26-12-6-3-7-13-26)22-32(31)34(28-14-8-4-9-15-28)29-16-10-5-11-17-29/h3-19,21-22H,20,23H2,1-2H3. The SMILES string of the molecule is CC1=CCC(c2ccc(OCc3ccccc3)cc2P(c2ccccc2)c2ccccc2)=C1C. The fourth-order valence-corrected chi connectivity index (χ4v) is 6.98. The van der Waals surface area contributed by atoms with Gasteiger partial charge in [0.05, 0.1) is 0 Å². The quantitative estimate of drug-likeness (QED) is 0.266. The zero-order valence-electron chi connectivity index (χ0n) is 19.7. The summed E-state index contributed by atoms with van der Waals surface area (Å²) in [5, 5.41) is 4.06. The number of allylic oxidation sites excluding steroid dienone is 4. The number of rotatable bonds is 7. The fraction of sp³-hybridized carbons (Fsp3) is 0.125. The Morgan fingerprint density at radius 3 is 1.85 bits per heavy atom.